The highest BCUT2D eigenvalue weighted by Crippen LogP contribution is 2.18. The van der Waals surface area contributed by atoms with Crippen molar-refractivity contribution in [3.8, 4) is 0 Å². The van der Waals surface area contributed by atoms with Gasteiger partial charge in [-0.2, -0.15) is 0 Å². The van der Waals surface area contributed by atoms with E-state index in [0.717, 1.165) is 17.9 Å². The number of hydrogen-bond donors (Lipinski definition) is 0. The first-order valence-corrected chi connectivity index (χ1v) is 6.45. The molecule has 16 heavy (non-hydrogen) atoms. The number of halogens is 1. The fourth-order valence-electron chi connectivity index (χ4n) is 1.50. The van der Waals surface area contributed by atoms with Crippen molar-refractivity contribution >= 4 is 28.6 Å². The first kappa shape index (κ1) is 11.4. The molecule has 0 aliphatic carbocycles. The SMILES string of the molecule is CN(Cc1cccs1)c1ccnc(CCl)c1. The molecule has 0 saturated carbocycles. The summed E-state index contributed by atoms with van der Waals surface area (Å²) in [6.45, 7) is 0.920. The fraction of sp³-hybridized carbons (Fsp3) is 0.250. The van der Waals surface area contributed by atoms with Crippen LogP contribution in [0.5, 0.6) is 0 Å². The summed E-state index contributed by atoms with van der Waals surface area (Å²) in [5, 5.41) is 2.10. The zero-order chi connectivity index (χ0) is 11.4. The Hall–Kier alpha value is -1.06. The van der Waals surface area contributed by atoms with E-state index in [2.05, 4.69) is 34.4 Å². The number of thiophene rings is 1. The van der Waals surface area contributed by atoms with Crippen molar-refractivity contribution in [1.82, 2.24) is 4.98 Å². The highest BCUT2D eigenvalue weighted by atomic mass is 35.5. The average molecular weight is 253 g/mol. The Balaban J connectivity index is 2.11. The van der Waals surface area contributed by atoms with Gasteiger partial charge in [0.05, 0.1) is 18.1 Å². The van der Waals surface area contributed by atoms with Crippen LogP contribution >= 0.6 is 22.9 Å². The van der Waals surface area contributed by atoms with E-state index in [9.17, 15) is 0 Å². The van der Waals surface area contributed by atoms with Gasteiger partial charge in [-0.25, -0.2) is 0 Å². The van der Waals surface area contributed by atoms with Gasteiger partial charge in [0.1, 0.15) is 0 Å². The van der Waals surface area contributed by atoms with Gasteiger partial charge in [-0.05, 0) is 23.6 Å². The van der Waals surface area contributed by atoms with Crippen LogP contribution in [0.25, 0.3) is 0 Å². The lowest BCUT2D eigenvalue weighted by atomic mass is 10.3. The highest BCUT2D eigenvalue weighted by molar-refractivity contribution is 7.09. The molecule has 0 N–H and O–H groups in total. The van der Waals surface area contributed by atoms with E-state index in [4.69, 9.17) is 11.6 Å². The molecule has 4 heteroatoms. The quantitative estimate of drug-likeness (QED) is 0.774. The third-order valence-electron chi connectivity index (χ3n) is 2.35. The summed E-state index contributed by atoms with van der Waals surface area (Å²) in [5.41, 5.74) is 2.07. The number of aromatic nitrogens is 1. The van der Waals surface area contributed by atoms with Crippen molar-refractivity contribution in [1.29, 1.82) is 0 Å². The zero-order valence-electron chi connectivity index (χ0n) is 9.06. The number of pyridine rings is 1. The molecule has 0 spiro atoms. The molecule has 0 fully saturated rings. The monoisotopic (exact) mass is 252 g/mol. The van der Waals surface area contributed by atoms with Crippen molar-refractivity contribution in [3.05, 3.63) is 46.4 Å². The second kappa shape index (κ2) is 5.32. The lowest BCUT2D eigenvalue weighted by Gasteiger charge is -2.18. The van der Waals surface area contributed by atoms with Crippen molar-refractivity contribution in [2.24, 2.45) is 0 Å². The van der Waals surface area contributed by atoms with Gasteiger partial charge < -0.3 is 4.90 Å². The van der Waals surface area contributed by atoms with Gasteiger partial charge in [0, 0.05) is 23.8 Å². The summed E-state index contributed by atoms with van der Waals surface area (Å²) in [7, 11) is 2.08. The normalized spacial score (nSPS) is 10.4. The number of rotatable bonds is 4. The first-order chi connectivity index (χ1) is 7.79. The molecule has 0 aliphatic heterocycles. The Morgan fingerprint density at radius 1 is 1.44 bits per heavy atom. The minimum absolute atomic E-state index is 0.459. The van der Waals surface area contributed by atoms with Gasteiger partial charge >= 0.3 is 0 Å². The largest absolute Gasteiger partial charge is 0.369 e. The van der Waals surface area contributed by atoms with Crippen molar-refractivity contribution in [3.63, 3.8) is 0 Å². The van der Waals surface area contributed by atoms with Crippen LogP contribution in [0.3, 0.4) is 0 Å². The Labute approximate surface area is 105 Å². The summed E-state index contributed by atoms with van der Waals surface area (Å²) in [4.78, 5) is 7.73. The van der Waals surface area contributed by atoms with E-state index in [-0.39, 0.29) is 0 Å². The zero-order valence-corrected chi connectivity index (χ0v) is 10.6. The topological polar surface area (TPSA) is 16.1 Å². The third kappa shape index (κ3) is 2.74. The summed E-state index contributed by atoms with van der Waals surface area (Å²) < 4.78 is 0. The number of anilines is 1. The Kier molecular flexibility index (Phi) is 3.80. The lowest BCUT2D eigenvalue weighted by Crippen LogP contribution is -2.15. The Bertz CT molecular complexity index is 442. The Morgan fingerprint density at radius 2 is 2.31 bits per heavy atom. The van der Waals surface area contributed by atoms with E-state index < -0.39 is 0 Å². The van der Waals surface area contributed by atoms with Gasteiger partial charge in [0.25, 0.3) is 0 Å². The summed E-state index contributed by atoms with van der Waals surface area (Å²) in [5.74, 6) is 0.459. The average Bonchev–Trinajstić information content (AvgIpc) is 2.82. The standard InChI is InChI=1S/C12H13ClN2S/c1-15(9-12-3-2-6-16-12)11-4-5-14-10(7-11)8-13/h2-7H,8-9H2,1H3. The van der Waals surface area contributed by atoms with Crippen LogP contribution in [0.1, 0.15) is 10.6 Å². The maximum atomic E-state index is 5.77. The van der Waals surface area contributed by atoms with E-state index in [0.29, 0.717) is 5.88 Å². The summed E-state index contributed by atoms with van der Waals surface area (Å²) in [6, 6.07) is 8.25. The molecule has 2 aromatic rings. The van der Waals surface area contributed by atoms with E-state index >= 15 is 0 Å². The minimum atomic E-state index is 0.459. The van der Waals surface area contributed by atoms with Crippen LogP contribution in [0, 0.1) is 0 Å². The highest BCUT2D eigenvalue weighted by Gasteiger charge is 2.03. The molecular formula is C12H13ClN2S. The van der Waals surface area contributed by atoms with Crippen molar-refractivity contribution in [2.75, 3.05) is 11.9 Å². The fourth-order valence-corrected chi connectivity index (χ4v) is 2.41. The smallest absolute Gasteiger partial charge is 0.0648 e. The molecule has 2 aromatic heterocycles. The first-order valence-electron chi connectivity index (χ1n) is 5.04. The van der Waals surface area contributed by atoms with Crippen molar-refractivity contribution < 1.29 is 0 Å². The predicted octanol–water partition coefficient (Wildman–Crippen LogP) is 3.52. The summed E-state index contributed by atoms with van der Waals surface area (Å²) in [6.07, 6.45) is 1.80. The van der Waals surface area contributed by atoms with E-state index in [1.54, 1.807) is 17.5 Å². The van der Waals surface area contributed by atoms with Gasteiger partial charge in [-0.1, -0.05) is 6.07 Å². The molecule has 0 atom stereocenters. The molecule has 0 amide bonds. The van der Waals surface area contributed by atoms with Crippen LogP contribution in [-0.2, 0) is 12.4 Å². The van der Waals surface area contributed by atoms with E-state index in [1.165, 1.54) is 4.88 Å². The second-order valence-corrected chi connectivity index (χ2v) is 4.87. The molecule has 2 rings (SSSR count). The van der Waals surface area contributed by atoms with Crippen LogP contribution in [0.15, 0.2) is 35.8 Å². The molecule has 0 radical (unpaired) electrons. The van der Waals surface area contributed by atoms with Crippen LogP contribution in [0.2, 0.25) is 0 Å². The number of hydrogen-bond acceptors (Lipinski definition) is 3. The van der Waals surface area contributed by atoms with Crippen molar-refractivity contribution in [2.45, 2.75) is 12.4 Å². The second-order valence-electron chi connectivity index (χ2n) is 3.57. The van der Waals surface area contributed by atoms with Gasteiger partial charge in [-0.15, -0.1) is 22.9 Å². The molecule has 0 aromatic carbocycles. The maximum Gasteiger partial charge on any atom is 0.0648 e. The Morgan fingerprint density at radius 3 is 3.00 bits per heavy atom. The maximum absolute atomic E-state index is 5.77. The van der Waals surface area contributed by atoms with Crippen LogP contribution < -0.4 is 4.90 Å². The third-order valence-corrected chi connectivity index (χ3v) is 3.49. The van der Waals surface area contributed by atoms with E-state index in [1.807, 2.05) is 12.1 Å². The molecule has 2 heterocycles. The van der Waals surface area contributed by atoms with Gasteiger partial charge in [0.15, 0.2) is 0 Å². The minimum Gasteiger partial charge on any atom is -0.369 e. The molecule has 0 aliphatic rings. The van der Waals surface area contributed by atoms with Gasteiger partial charge in [0.2, 0.25) is 0 Å². The molecule has 0 unspecified atom stereocenters. The molecule has 2 nitrogen and oxygen atoms in total. The molecule has 84 valence electrons. The molecular weight excluding hydrogens is 240 g/mol. The number of alkyl halides is 1. The van der Waals surface area contributed by atoms with Gasteiger partial charge in [-0.3, -0.25) is 4.98 Å². The predicted molar refractivity (Wildman–Crippen MR) is 70.2 cm³/mol. The van der Waals surface area contributed by atoms with Crippen LogP contribution in [0.4, 0.5) is 5.69 Å². The molecule has 0 bridgehead atoms. The summed E-state index contributed by atoms with van der Waals surface area (Å²) >= 11 is 7.54. The number of nitrogens with zero attached hydrogens (tertiary/aromatic N) is 2. The van der Waals surface area contributed by atoms with Crippen LogP contribution in [-0.4, -0.2) is 12.0 Å². The lowest BCUT2D eigenvalue weighted by molar-refractivity contribution is 0.934. The molecule has 0 saturated heterocycles.